The van der Waals surface area contributed by atoms with Gasteiger partial charge in [0.25, 0.3) is 0 Å². The summed E-state index contributed by atoms with van der Waals surface area (Å²) in [6.07, 6.45) is 13.5. The lowest BCUT2D eigenvalue weighted by Gasteiger charge is -2.19. The van der Waals surface area contributed by atoms with Crippen LogP contribution in [0.1, 0.15) is 70.3 Å². The Labute approximate surface area is 162 Å². The summed E-state index contributed by atoms with van der Waals surface area (Å²) in [4.78, 5) is 0. The van der Waals surface area contributed by atoms with Gasteiger partial charge in [0.1, 0.15) is 13.9 Å². The first kappa shape index (κ1) is 21.0. The zero-order valence-corrected chi connectivity index (χ0v) is 17.5. The molecule has 1 unspecified atom stereocenters. The van der Waals surface area contributed by atoms with Gasteiger partial charge in [0.15, 0.2) is 0 Å². The van der Waals surface area contributed by atoms with Gasteiger partial charge in [-0.05, 0) is 25.5 Å². The molecule has 0 radical (unpaired) electrons. The molecule has 0 aromatic heterocycles. The minimum atomic E-state index is -0.577. The van der Waals surface area contributed by atoms with Gasteiger partial charge >= 0.3 is 0 Å². The number of hydrogen-bond donors (Lipinski definition) is 0. The first-order valence-corrected chi connectivity index (χ1v) is 11.8. The van der Waals surface area contributed by atoms with E-state index in [1.165, 1.54) is 68.7 Å². The van der Waals surface area contributed by atoms with Crippen molar-refractivity contribution in [1.29, 1.82) is 0 Å². The molecule has 0 aliphatic heterocycles. The van der Waals surface area contributed by atoms with Crippen molar-refractivity contribution in [1.82, 2.24) is 0 Å². The zero-order chi connectivity index (χ0) is 18.5. The topological polar surface area (TPSA) is 9.23 Å². The predicted molar refractivity (Wildman–Crippen MR) is 117 cm³/mol. The number of rotatable bonds is 13. The van der Waals surface area contributed by atoms with Gasteiger partial charge in [-0.1, -0.05) is 106 Å². The van der Waals surface area contributed by atoms with E-state index in [9.17, 15) is 0 Å². The average molecular weight is 371 g/mol. The lowest BCUT2D eigenvalue weighted by molar-refractivity contribution is 0.569. The van der Waals surface area contributed by atoms with E-state index in [1.807, 2.05) is 6.07 Å². The van der Waals surface area contributed by atoms with Gasteiger partial charge in [-0.15, -0.1) is 0 Å². The van der Waals surface area contributed by atoms with Crippen molar-refractivity contribution in [2.75, 3.05) is 6.16 Å². The molecule has 0 amide bonds. The summed E-state index contributed by atoms with van der Waals surface area (Å²) in [5.74, 6) is 0.995. The Bertz CT molecular complexity index is 579. The van der Waals surface area contributed by atoms with Gasteiger partial charge < -0.3 is 4.52 Å². The van der Waals surface area contributed by atoms with Gasteiger partial charge in [-0.3, -0.25) is 0 Å². The molecule has 2 rings (SSSR count). The lowest BCUT2D eigenvalue weighted by Crippen LogP contribution is -2.08. The van der Waals surface area contributed by atoms with E-state index in [4.69, 9.17) is 4.52 Å². The minimum absolute atomic E-state index is 0.577. The molecule has 0 N–H and O–H groups in total. The SMILES string of the molecule is CCCCCCCCCCCP(Oc1ccccc1)c1ccc(C)cc1. The van der Waals surface area contributed by atoms with Crippen molar-refractivity contribution in [2.24, 2.45) is 0 Å². The average Bonchev–Trinajstić information content (AvgIpc) is 2.67. The summed E-state index contributed by atoms with van der Waals surface area (Å²) in [6, 6.07) is 19.2. The Morgan fingerprint density at radius 1 is 0.692 bits per heavy atom. The van der Waals surface area contributed by atoms with Crippen molar-refractivity contribution in [3.8, 4) is 5.75 Å². The smallest absolute Gasteiger partial charge is 0.123 e. The highest BCUT2D eigenvalue weighted by Gasteiger charge is 2.13. The molecule has 0 heterocycles. The van der Waals surface area contributed by atoms with Gasteiger partial charge in [-0.2, -0.15) is 0 Å². The zero-order valence-electron chi connectivity index (χ0n) is 16.6. The number of benzene rings is 2. The van der Waals surface area contributed by atoms with Crippen molar-refractivity contribution < 1.29 is 4.52 Å². The maximum Gasteiger partial charge on any atom is 0.123 e. The fourth-order valence-corrected chi connectivity index (χ4v) is 4.94. The second-order valence-corrected chi connectivity index (χ2v) is 9.07. The highest BCUT2D eigenvalue weighted by molar-refractivity contribution is 7.61. The van der Waals surface area contributed by atoms with Crippen LogP contribution in [0.15, 0.2) is 54.6 Å². The van der Waals surface area contributed by atoms with Crippen molar-refractivity contribution in [3.05, 3.63) is 60.2 Å². The third-order valence-corrected chi connectivity index (χ3v) is 6.77. The van der Waals surface area contributed by atoms with Crippen LogP contribution in [-0.2, 0) is 0 Å². The molecule has 0 aliphatic rings. The number of para-hydroxylation sites is 1. The van der Waals surface area contributed by atoms with Gasteiger partial charge in [0, 0.05) is 11.5 Å². The number of aryl methyl sites for hydroxylation is 1. The summed E-state index contributed by atoms with van der Waals surface area (Å²) in [5.41, 5.74) is 1.31. The Morgan fingerprint density at radius 3 is 1.88 bits per heavy atom. The van der Waals surface area contributed by atoms with Crippen molar-refractivity contribution in [2.45, 2.75) is 71.6 Å². The largest absolute Gasteiger partial charge is 0.469 e. The molecule has 1 atom stereocenters. The quantitative estimate of drug-likeness (QED) is 0.260. The first-order valence-electron chi connectivity index (χ1n) is 10.4. The molecular formula is C24H35OP. The molecule has 0 saturated carbocycles. The van der Waals surface area contributed by atoms with E-state index in [1.54, 1.807) is 0 Å². The maximum atomic E-state index is 6.38. The monoisotopic (exact) mass is 370 g/mol. The van der Waals surface area contributed by atoms with Crippen LogP contribution in [0, 0.1) is 6.92 Å². The van der Waals surface area contributed by atoms with Crippen LogP contribution in [0.4, 0.5) is 0 Å². The van der Waals surface area contributed by atoms with Crippen LogP contribution in [0.25, 0.3) is 0 Å². The van der Waals surface area contributed by atoms with E-state index in [0.717, 1.165) is 11.9 Å². The molecule has 0 spiro atoms. The van der Waals surface area contributed by atoms with Gasteiger partial charge in [-0.25, -0.2) is 0 Å². The summed E-state index contributed by atoms with van der Waals surface area (Å²) >= 11 is 0. The number of unbranched alkanes of at least 4 members (excludes halogenated alkanes) is 8. The normalized spacial score (nSPS) is 12.1. The standard InChI is InChI=1S/C24H35OP/c1-3-4-5-6-7-8-9-10-14-21-26(24-19-17-22(2)18-20-24)25-23-15-12-11-13-16-23/h11-13,15-20H,3-10,14,21H2,1-2H3. The van der Waals surface area contributed by atoms with Crippen LogP contribution in [0.2, 0.25) is 0 Å². The van der Waals surface area contributed by atoms with Crippen LogP contribution in [0.5, 0.6) is 5.75 Å². The molecule has 0 aliphatic carbocycles. The third kappa shape index (κ3) is 8.37. The maximum absolute atomic E-state index is 6.38. The van der Waals surface area contributed by atoms with Crippen molar-refractivity contribution >= 4 is 13.5 Å². The molecule has 2 heteroatoms. The van der Waals surface area contributed by atoms with E-state index in [0.29, 0.717) is 0 Å². The van der Waals surface area contributed by atoms with Gasteiger partial charge in [0.2, 0.25) is 0 Å². The summed E-state index contributed by atoms with van der Waals surface area (Å²) in [7, 11) is -0.577. The van der Waals surface area contributed by atoms with Crippen LogP contribution in [-0.4, -0.2) is 6.16 Å². The molecule has 0 bridgehead atoms. The summed E-state index contributed by atoms with van der Waals surface area (Å²) < 4.78 is 6.38. The molecule has 0 fully saturated rings. The Balaban J connectivity index is 1.76. The number of hydrogen-bond acceptors (Lipinski definition) is 1. The minimum Gasteiger partial charge on any atom is -0.469 e. The van der Waals surface area contributed by atoms with Crippen LogP contribution in [0.3, 0.4) is 0 Å². The van der Waals surface area contributed by atoms with Crippen LogP contribution >= 0.6 is 8.15 Å². The van der Waals surface area contributed by atoms with E-state index >= 15 is 0 Å². The summed E-state index contributed by atoms with van der Waals surface area (Å²) in [6.45, 7) is 4.43. The molecule has 1 nitrogen and oxygen atoms in total. The van der Waals surface area contributed by atoms with E-state index in [2.05, 4.69) is 62.4 Å². The fourth-order valence-electron chi connectivity index (χ4n) is 3.11. The first-order chi connectivity index (χ1) is 12.8. The second-order valence-electron chi connectivity index (χ2n) is 7.17. The summed E-state index contributed by atoms with van der Waals surface area (Å²) in [5, 5.41) is 1.36. The Morgan fingerprint density at radius 2 is 1.27 bits per heavy atom. The van der Waals surface area contributed by atoms with E-state index < -0.39 is 8.15 Å². The molecular weight excluding hydrogens is 335 g/mol. The Kier molecular flexibility index (Phi) is 10.4. The fraction of sp³-hybridized carbons (Fsp3) is 0.500. The molecule has 26 heavy (non-hydrogen) atoms. The second kappa shape index (κ2) is 12.9. The molecule has 0 saturated heterocycles. The molecule has 2 aromatic rings. The third-order valence-electron chi connectivity index (χ3n) is 4.75. The predicted octanol–water partition coefficient (Wildman–Crippen LogP) is 7.63. The highest BCUT2D eigenvalue weighted by Crippen LogP contribution is 2.38. The van der Waals surface area contributed by atoms with Gasteiger partial charge in [0.05, 0.1) is 0 Å². The lowest BCUT2D eigenvalue weighted by atomic mass is 10.1. The molecule has 2 aromatic carbocycles. The molecule has 142 valence electrons. The highest BCUT2D eigenvalue weighted by atomic mass is 31.1. The Hall–Kier alpha value is -1.33. The van der Waals surface area contributed by atoms with E-state index in [-0.39, 0.29) is 0 Å². The van der Waals surface area contributed by atoms with Crippen molar-refractivity contribution in [3.63, 3.8) is 0 Å². The van der Waals surface area contributed by atoms with Crippen LogP contribution < -0.4 is 9.83 Å².